The summed E-state index contributed by atoms with van der Waals surface area (Å²) in [6.07, 6.45) is 6.67. The van der Waals surface area contributed by atoms with E-state index >= 15 is 0 Å². The summed E-state index contributed by atoms with van der Waals surface area (Å²) in [6.45, 7) is 6.05. The average Bonchev–Trinajstić information content (AvgIpc) is 2.89. The van der Waals surface area contributed by atoms with Crippen LogP contribution in [0.2, 0.25) is 5.02 Å². The highest BCUT2D eigenvalue weighted by Crippen LogP contribution is 2.29. The first kappa shape index (κ1) is 14.5. The Morgan fingerprint density at radius 3 is 2.40 bits per heavy atom. The normalized spacial score (nSPS) is 12.5. The molecule has 0 unspecified atom stereocenters. The predicted molar refractivity (Wildman–Crippen MR) is 81.7 cm³/mol. The van der Waals surface area contributed by atoms with Gasteiger partial charge in [0.05, 0.1) is 0 Å². The van der Waals surface area contributed by atoms with E-state index in [1.807, 2.05) is 51.1 Å². The Labute approximate surface area is 123 Å². The summed E-state index contributed by atoms with van der Waals surface area (Å²) in [7, 11) is 0. The molecule has 0 bridgehead atoms. The van der Waals surface area contributed by atoms with Crippen molar-refractivity contribution in [3.63, 3.8) is 0 Å². The van der Waals surface area contributed by atoms with Gasteiger partial charge in [0.1, 0.15) is 6.33 Å². The molecular formula is C16H17ClN2O. The Hall–Kier alpha value is -1.87. The first-order chi connectivity index (χ1) is 9.38. The molecule has 3 nitrogen and oxygen atoms in total. The van der Waals surface area contributed by atoms with Gasteiger partial charge in [-0.3, -0.25) is 9.36 Å². The van der Waals surface area contributed by atoms with Gasteiger partial charge in [-0.15, -0.1) is 0 Å². The highest BCUT2D eigenvalue weighted by atomic mass is 35.5. The third kappa shape index (κ3) is 3.36. The van der Waals surface area contributed by atoms with Crippen molar-refractivity contribution in [3.8, 4) is 0 Å². The summed E-state index contributed by atoms with van der Waals surface area (Å²) in [6, 6.07) is 7.43. The smallest absolute Gasteiger partial charge is 0.259 e. The maximum absolute atomic E-state index is 12.6. The minimum absolute atomic E-state index is 0.0649. The molecule has 4 heteroatoms. The molecule has 104 valence electrons. The van der Waals surface area contributed by atoms with E-state index in [1.54, 1.807) is 12.4 Å². The summed E-state index contributed by atoms with van der Waals surface area (Å²) < 4.78 is 1.49. The number of carbonyl (C=O) groups is 1. The van der Waals surface area contributed by atoms with Crippen molar-refractivity contribution in [3.05, 3.63) is 59.1 Å². The van der Waals surface area contributed by atoms with Gasteiger partial charge >= 0.3 is 0 Å². The first-order valence-corrected chi connectivity index (χ1v) is 6.76. The van der Waals surface area contributed by atoms with E-state index in [-0.39, 0.29) is 11.3 Å². The zero-order valence-corrected chi connectivity index (χ0v) is 12.6. The van der Waals surface area contributed by atoms with Crippen molar-refractivity contribution in [1.82, 2.24) is 9.55 Å². The molecule has 1 aromatic carbocycles. The Balaban J connectivity index is 2.43. The van der Waals surface area contributed by atoms with Crippen molar-refractivity contribution in [2.45, 2.75) is 20.8 Å². The molecule has 0 fully saturated rings. The molecule has 0 N–H and O–H groups in total. The van der Waals surface area contributed by atoms with Gasteiger partial charge < -0.3 is 0 Å². The van der Waals surface area contributed by atoms with Gasteiger partial charge in [-0.05, 0) is 29.2 Å². The van der Waals surface area contributed by atoms with Crippen molar-refractivity contribution in [2.75, 3.05) is 0 Å². The molecular weight excluding hydrogens is 272 g/mol. The van der Waals surface area contributed by atoms with E-state index in [2.05, 4.69) is 4.98 Å². The molecule has 0 radical (unpaired) electrons. The van der Waals surface area contributed by atoms with Crippen LogP contribution in [0.3, 0.4) is 0 Å². The highest BCUT2D eigenvalue weighted by Gasteiger charge is 2.24. The molecule has 0 aliphatic rings. The summed E-state index contributed by atoms with van der Waals surface area (Å²) in [5.41, 5.74) is 1.41. The van der Waals surface area contributed by atoms with E-state index in [0.29, 0.717) is 5.02 Å². The molecule has 0 aliphatic heterocycles. The lowest BCUT2D eigenvalue weighted by molar-refractivity contribution is 0.0935. The number of halogens is 1. The lowest BCUT2D eigenvalue weighted by atomic mass is 9.84. The number of hydrogen-bond acceptors (Lipinski definition) is 2. The molecule has 2 aromatic rings. The standard InChI is InChI=1S/C16H17ClN2O/c1-16(2,3)14(15(20)19-9-8-18-11-19)10-12-4-6-13(17)7-5-12/h4-11H,1-3H3. The average molecular weight is 289 g/mol. The second kappa shape index (κ2) is 5.63. The molecule has 20 heavy (non-hydrogen) atoms. The molecule has 1 heterocycles. The van der Waals surface area contributed by atoms with Crippen LogP contribution in [-0.2, 0) is 0 Å². The van der Waals surface area contributed by atoms with E-state index < -0.39 is 0 Å². The molecule has 0 amide bonds. The topological polar surface area (TPSA) is 34.9 Å². The fraction of sp³-hybridized carbons (Fsp3) is 0.250. The summed E-state index contributed by atoms with van der Waals surface area (Å²) >= 11 is 5.88. The molecule has 0 spiro atoms. The number of allylic oxidation sites excluding steroid dienone is 1. The third-order valence-electron chi connectivity index (χ3n) is 2.96. The highest BCUT2D eigenvalue weighted by molar-refractivity contribution is 6.30. The lowest BCUT2D eigenvalue weighted by Crippen LogP contribution is -2.22. The molecule has 0 atom stereocenters. The predicted octanol–water partition coefficient (Wildman–Crippen LogP) is 4.31. The summed E-state index contributed by atoms with van der Waals surface area (Å²) in [4.78, 5) is 16.5. The second-order valence-electron chi connectivity index (χ2n) is 5.63. The maximum Gasteiger partial charge on any atom is 0.259 e. The van der Waals surface area contributed by atoms with Crippen molar-refractivity contribution in [1.29, 1.82) is 0 Å². The van der Waals surface area contributed by atoms with Crippen LogP contribution in [0.15, 0.2) is 48.6 Å². The minimum atomic E-state index is -0.263. The number of nitrogens with zero attached hydrogens (tertiary/aromatic N) is 2. The van der Waals surface area contributed by atoms with Gasteiger partial charge in [0.25, 0.3) is 5.91 Å². The van der Waals surface area contributed by atoms with Gasteiger partial charge in [-0.25, -0.2) is 4.98 Å². The zero-order chi connectivity index (χ0) is 14.8. The molecule has 0 aliphatic carbocycles. The van der Waals surface area contributed by atoms with E-state index in [4.69, 9.17) is 11.6 Å². The fourth-order valence-electron chi connectivity index (χ4n) is 1.84. The molecule has 0 saturated heterocycles. The van der Waals surface area contributed by atoms with E-state index in [0.717, 1.165) is 11.1 Å². The minimum Gasteiger partial charge on any atom is -0.273 e. The second-order valence-corrected chi connectivity index (χ2v) is 6.07. The van der Waals surface area contributed by atoms with Crippen LogP contribution in [0, 0.1) is 5.41 Å². The van der Waals surface area contributed by atoms with E-state index in [9.17, 15) is 4.79 Å². The largest absolute Gasteiger partial charge is 0.273 e. The van der Waals surface area contributed by atoms with Gasteiger partial charge in [0.15, 0.2) is 0 Å². The van der Waals surface area contributed by atoms with Crippen LogP contribution in [-0.4, -0.2) is 15.5 Å². The lowest BCUT2D eigenvalue weighted by Gasteiger charge is -2.22. The van der Waals surface area contributed by atoms with Gasteiger partial charge in [-0.2, -0.15) is 0 Å². The van der Waals surface area contributed by atoms with Crippen LogP contribution in [0.25, 0.3) is 6.08 Å². The number of carbonyl (C=O) groups excluding carboxylic acids is 1. The maximum atomic E-state index is 12.6. The number of benzene rings is 1. The zero-order valence-electron chi connectivity index (χ0n) is 11.8. The fourth-order valence-corrected chi connectivity index (χ4v) is 1.97. The molecule has 2 rings (SSSR count). The quantitative estimate of drug-likeness (QED) is 0.772. The third-order valence-corrected chi connectivity index (χ3v) is 3.21. The summed E-state index contributed by atoms with van der Waals surface area (Å²) in [5, 5.41) is 0.681. The Morgan fingerprint density at radius 1 is 1.25 bits per heavy atom. The van der Waals surface area contributed by atoms with Gasteiger partial charge in [0, 0.05) is 23.0 Å². The molecule has 1 aromatic heterocycles. The summed E-state index contributed by atoms with van der Waals surface area (Å²) in [5.74, 6) is -0.0649. The number of imidazole rings is 1. The van der Waals surface area contributed by atoms with Crippen molar-refractivity contribution in [2.24, 2.45) is 5.41 Å². The van der Waals surface area contributed by atoms with Crippen LogP contribution in [0.4, 0.5) is 0 Å². The van der Waals surface area contributed by atoms with E-state index in [1.165, 1.54) is 10.9 Å². The Kier molecular flexibility index (Phi) is 4.09. The molecule has 0 saturated carbocycles. The van der Waals surface area contributed by atoms with Crippen molar-refractivity contribution < 1.29 is 4.79 Å². The van der Waals surface area contributed by atoms with Crippen LogP contribution in [0.5, 0.6) is 0 Å². The SMILES string of the molecule is CC(C)(C)C(=Cc1ccc(Cl)cc1)C(=O)n1ccnc1. The van der Waals surface area contributed by atoms with Crippen molar-refractivity contribution >= 4 is 23.6 Å². The number of rotatable bonds is 2. The monoisotopic (exact) mass is 288 g/mol. The number of aromatic nitrogens is 2. The van der Waals surface area contributed by atoms with Crippen LogP contribution < -0.4 is 0 Å². The van der Waals surface area contributed by atoms with Gasteiger partial charge in [-0.1, -0.05) is 44.5 Å². The van der Waals surface area contributed by atoms with Gasteiger partial charge in [0.2, 0.25) is 0 Å². The van der Waals surface area contributed by atoms with Crippen LogP contribution >= 0.6 is 11.6 Å². The Bertz CT molecular complexity index is 619. The van der Waals surface area contributed by atoms with Crippen LogP contribution in [0.1, 0.15) is 31.1 Å². The number of hydrogen-bond donors (Lipinski definition) is 0. The Morgan fingerprint density at radius 2 is 1.90 bits per heavy atom. The first-order valence-electron chi connectivity index (χ1n) is 6.38.